The second-order valence-corrected chi connectivity index (χ2v) is 2.87. The van der Waals surface area contributed by atoms with E-state index in [1.54, 1.807) is 0 Å². The molecule has 0 saturated heterocycles. The van der Waals surface area contributed by atoms with Gasteiger partial charge in [0, 0.05) is 22.6 Å². The van der Waals surface area contributed by atoms with Crippen molar-refractivity contribution >= 4 is 31.9 Å². The van der Waals surface area contributed by atoms with Gasteiger partial charge in [0.1, 0.15) is 0 Å². The summed E-state index contributed by atoms with van der Waals surface area (Å²) in [4.78, 5) is 3.13. The first-order valence-electron chi connectivity index (χ1n) is 2.65. The highest BCUT2D eigenvalue weighted by Gasteiger charge is 1.97. The van der Waals surface area contributed by atoms with E-state index in [0.717, 1.165) is 10.7 Å². The molecule has 9 heavy (non-hydrogen) atoms. The van der Waals surface area contributed by atoms with Gasteiger partial charge in [-0.15, -0.1) is 0 Å². The molecule has 1 N–H and O–H groups in total. The molecular formula is C6H7Br2N. The molecule has 3 heteroatoms. The van der Waals surface area contributed by atoms with Crippen molar-refractivity contribution in [2.24, 2.45) is 0 Å². The van der Waals surface area contributed by atoms with Crippen LogP contribution in [0.3, 0.4) is 0 Å². The second kappa shape index (κ2) is 3.42. The Balaban J connectivity index is 2.85. The van der Waals surface area contributed by atoms with Gasteiger partial charge in [-0.1, -0.05) is 31.9 Å². The van der Waals surface area contributed by atoms with E-state index < -0.39 is 0 Å². The molecule has 1 heterocycles. The Hall–Kier alpha value is 0.240. The highest BCUT2D eigenvalue weighted by Crippen LogP contribution is 2.13. The zero-order valence-corrected chi connectivity index (χ0v) is 8.00. The van der Waals surface area contributed by atoms with Crippen molar-refractivity contribution in [3.63, 3.8) is 0 Å². The van der Waals surface area contributed by atoms with Crippen molar-refractivity contribution in [3.05, 3.63) is 23.5 Å². The average Bonchev–Trinajstić information content (AvgIpc) is 2.33. The van der Waals surface area contributed by atoms with Crippen LogP contribution in [0.4, 0.5) is 0 Å². The van der Waals surface area contributed by atoms with E-state index in [0.29, 0.717) is 0 Å². The lowest BCUT2D eigenvalue weighted by molar-refractivity contribution is 1.20. The van der Waals surface area contributed by atoms with Gasteiger partial charge in [-0.3, -0.25) is 0 Å². The first-order valence-corrected chi connectivity index (χ1v) is 4.90. The van der Waals surface area contributed by atoms with Gasteiger partial charge in [0.15, 0.2) is 0 Å². The summed E-state index contributed by atoms with van der Waals surface area (Å²) in [6, 6.07) is 2.07. The van der Waals surface area contributed by atoms with E-state index in [1.165, 1.54) is 11.3 Å². The number of aromatic nitrogens is 1. The van der Waals surface area contributed by atoms with Gasteiger partial charge in [0.2, 0.25) is 0 Å². The number of hydrogen-bond donors (Lipinski definition) is 1. The molecule has 0 radical (unpaired) electrons. The van der Waals surface area contributed by atoms with Crippen molar-refractivity contribution in [1.29, 1.82) is 0 Å². The van der Waals surface area contributed by atoms with Crippen molar-refractivity contribution in [3.8, 4) is 0 Å². The molecule has 0 fully saturated rings. The molecule has 0 atom stereocenters. The molecule has 0 aliphatic heterocycles. The van der Waals surface area contributed by atoms with Gasteiger partial charge in [0.25, 0.3) is 0 Å². The van der Waals surface area contributed by atoms with Crippen LogP contribution in [0.1, 0.15) is 11.3 Å². The molecule has 50 valence electrons. The number of hydrogen-bond acceptors (Lipinski definition) is 0. The van der Waals surface area contributed by atoms with Gasteiger partial charge in [-0.25, -0.2) is 0 Å². The summed E-state index contributed by atoms with van der Waals surface area (Å²) >= 11 is 6.76. The molecule has 0 bridgehead atoms. The maximum atomic E-state index is 3.39. The second-order valence-electron chi connectivity index (χ2n) is 1.75. The fourth-order valence-electron chi connectivity index (χ4n) is 0.686. The van der Waals surface area contributed by atoms with E-state index in [2.05, 4.69) is 42.9 Å². The number of H-pyrrole nitrogens is 1. The third kappa shape index (κ3) is 1.58. The summed E-state index contributed by atoms with van der Waals surface area (Å²) in [6.45, 7) is 0. The van der Waals surface area contributed by atoms with E-state index in [1.807, 2.05) is 6.20 Å². The largest absolute Gasteiger partial charge is 0.364 e. The normalized spacial score (nSPS) is 10.0. The smallest absolute Gasteiger partial charge is 0.0437 e. The Morgan fingerprint density at radius 2 is 2.11 bits per heavy atom. The fourth-order valence-corrected chi connectivity index (χ4v) is 1.73. The first kappa shape index (κ1) is 7.35. The quantitative estimate of drug-likeness (QED) is 0.780. The summed E-state index contributed by atoms with van der Waals surface area (Å²) in [5.41, 5.74) is 2.58. The van der Waals surface area contributed by atoms with Crippen LogP contribution >= 0.6 is 31.9 Å². The molecule has 0 amide bonds. The summed E-state index contributed by atoms with van der Waals surface area (Å²) in [6.07, 6.45) is 1.95. The predicted molar refractivity (Wildman–Crippen MR) is 46.1 cm³/mol. The van der Waals surface area contributed by atoms with Crippen molar-refractivity contribution < 1.29 is 0 Å². The molecule has 1 rings (SSSR count). The lowest BCUT2D eigenvalue weighted by Gasteiger charge is -1.92. The highest BCUT2D eigenvalue weighted by atomic mass is 79.9. The van der Waals surface area contributed by atoms with Crippen LogP contribution in [0.5, 0.6) is 0 Å². The van der Waals surface area contributed by atoms with Crippen LogP contribution < -0.4 is 0 Å². The third-order valence-electron chi connectivity index (χ3n) is 1.21. The molecule has 0 unspecified atom stereocenters. The van der Waals surface area contributed by atoms with Crippen LogP contribution in [-0.2, 0) is 10.7 Å². The monoisotopic (exact) mass is 251 g/mol. The van der Waals surface area contributed by atoms with E-state index >= 15 is 0 Å². The van der Waals surface area contributed by atoms with Crippen LogP contribution in [0.25, 0.3) is 0 Å². The summed E-state index contributed by atoms with van der Waals surface area (Å²) in [5.74, 6) is 0. The highest BCUT2D eigenvalue weighted by molar-refractivity contribution is 9.09. The minimum absolute atomic E-state index is 0.904. The Labute approximate surface area is 71.1 Å². The summed E-state index contributed by atoms with van der Waals surface area (Å²) < 4.78 is 0. The SMILES string of the molecule is BrCc1cc[nH]c1CBr. The van der Waals surface area contributed by atoms with Gasteiger partial charge >= 0.3 is 0 Å². The van der Waals surface area contributed by atoms with Gasteiger partial charge in [-0.2, -0.15) is 0 Å². The minimum atomic E-state index is 0.904. The van der Waals surface area contributed by atoms with Crippen molar-refractivity contribution in [2.75, 3.05) is 0 Å². The van der Waals surface area contributed by atoms with Crippen molar-refractivity contribution in [1.82, 2.24) is 4.98 Å². The average molecular weight is 253 g/mol. The zero-order valence-electron chi connectivity index (χ0n) is 4.82. The number of nitrogens with one attached hydrogen (secondary N) is 1. The molecule has 0 aliphatic rings. The Bertz CT molecular complexity index is 164. The lowest BCUT2D eigenvalue weighted by atomic mass is 10.3. The van der Waals surface area contributed by atoms with Gasteiger partial charge in [-0.05, 0) is 11.6 Å². The zero-order chi connectivity index (χ0) is 6.69. The van der Waals surface area contributed by atoms with Crippen LogP contribution in [0.15, 0.2) is 12.3 Å². The summed E-state index contributed by atoms with van der Waals surface area (Å²) in [7, 11) is 0. The Kier molecular flexibility index (Phi) is 2.79. The van der Waals surface area contributed by atoms with Gasteiger partial charge < -0.3 is 4.98 Å². The molecular weight excluding hydrogens is 246 g/mol. The fraction of sp³-hybridized carbons (Fsp3) is 0.333. The molecule has 0 aromatic carbocycles. The van der Waals surface area contributed by atoms with Crippen LogP contribution in [0.2, 0.25) is 0 Å². The molecule has 0 aliphatic carbocycles. The van der Waals surface area contributed by atoms with E-state index in [-0.39, 0.29) is 0 Å². The van der Waals surface area contributed by atoms with Crippen molar-refractivity contribution in [2.45, 2.75) is 10.7 Å². The number of halogens is 2. The maximum absolute atomic E-state index is 3.39. The lowest BCUT2D eigenvalue weighted by Crippen LogP contribution is -1.81. The summed E-state index contributed by atoms with van der Waals surface area (Å²) in [5, 5.41) is 1.83. The molecule has 0 saturated carbocycles. The molecule has 0 spiro atoms. The predicted octanol–water partition coefficient (Wildman–Crippen LogP) is 2.80. The third-order valence-corrected chi connectivity index (χ3v) is 2.37. The molecule has 1 aromatic rings. The maximum Gasteiger partial charge on any atom is 0.0437 e. The Morgan fingerprint density at radius 1 is 1.33 bits per heavy atom. The van der Waals surface area contributed by atoms with E-state index in [4.69, 9.17) is 0 Å². The number of aromatic amines is 1. The standard InChI is InChI=1S/C6H7Br2N/c7-3-5-1-2-9-6(5)4-8/h1-2,9H,3-4H2. The first-order chi connectivity index (χ1) is 4.38. The Morgan fingerprint density at radius 3 is 2.56 bits per heavy atom. The number of rotatable bonds is 2. The molecule has 1 aromatic heterocycles. The minimum Gasteiger partial charge on any atom is -0.364 e. The van der Waals surface area contributed by atoms with E-state index in [9.17, 15) is 0 Å². The van der Waals surface area contributed by atoms with Crippen LogP contribution in [0, 0.1) is 0 Å². The number of alkyl halides is 2. The van der Waals surface area contributed by atoms with Crippen LogP contribution in [-0.4, -0.2) is 4.98 Å². The topological polar surface area (TPSA) is 15.8 Å². The molecule has 1 nitrogen and oxygen atoms in total. The van der Waals surface area contributed by atoms with Gasteiger partial charge in [0.05, 0.1) is 0 Å².